The van der Waals surface area contributed by atoms with Crippen molar-refractivity contribution < 1.29 is 10.8 Å². The maximum Gasteiger partial charge on any atom is 0.137 e. The van der Waals surface area contributed by atoms with Crippen LogP contribution in [0.2, 0.25) is 0 Å². The van der Waals surface area contributed by atoms with Gasteiger partial charge >= 0.3 is 0 Å². The molecule has 1 aromatic carbocycles. The predicted octanol–water partition coefficient (Wildman–Crippen LogP) is -0.113. The highest BCUT2D eigenvalue weighted by Gasteiger charge is 2.30. The average Bonchev–Trinajstić information content (AvgIpc) is 2.30. The summed E-state index contributed by atoms with van der Waals surface area (Å²) in [5, 5.41) is 9.46. The molecule has 0 heterocycles. The Kier molecular flexibility index (Phi) is 1.44. The minimum atomic E-state index is -0.271. The zero-order valence-electron chi connectivity index (χ0n) is 6.33. The molecule has 2 nitrogen and oxygen atoms in total. The van der Waals surface area contributed by atoms with Gasteiger partial charge in [0.25, 0.3) is 0 Å². The first kappa shape index (κ1) is 6.83. The second kappa shape index (κ2) is 2.32. The molecule has 2 atom stereocenters. The summed E-state index contributed by atoms with van der Waals surface area (Å²) in [6.45, 7) is 0. The maximum atomic E-state index is 9.46. The summed E-state index contributed by atoms with van der Waals surface area (Å²) in [5.41, 5.74) is 6.37. The van der Waals surface area contributed by atoms with Crippen molar-refractivity contribution in [1.82, 2.24) is 0 Å². The molecule has 0 aromatic heterocycles. The van der Waals surface area contributed by atoms with Gasteiger partial charge in [0.15, 0.2) is 0 Å². The van der Waals surface area contributed by atoms with Gasteiger partial charge in [-0.1, -0.05) is 24.3 Å². The maximum absolute atomic E-state index is 9.46. The Morgan fingerprint density at radius 1 is 1.36 bits per heavy atom. The van der Waals surface area contributed by atoms with Crippen LogP contribution in [0.5, 0.6) is 0 Å². The molecule has 0 spiro atoms. The van der Waals surface area contributed by atoms with E-state index in [-0.39, 0.29) is 12.1 Å². The summed E-state index contributed by atoms with van der Waals surface area (Å²) in [6.07, 6.45) is 0.497. The molecule has 0 amide bonds. The van der Waals surface area contributed by atoms with E-state index in [4.69, 9.17) is 0 Å². The second-order valence-electron chi connectivity index (χ2n) is 3.08. The van der Waals surface area contributed by atoms with Crippen molar-refractivity contribution in [1.29, 1.82) is 0 Å². The topological polar surface area (TPSA) is 47.9 Å². The molecule has 0 saturated carbocycles. The molecule has 0 bridgehead atoms. The van der Waals surface area contributed by atoms with E-state index in [0.29, 0.717) is 0 Å². The number of rotatable bonds is 0. The summed E-state index contributed by atoms with van der Waals surface area (Å²) in [6, 6.07) is 8.18. The molecule has 2 rings (SSSR count). The molecule has 1 aliphatic carbocycles. The third-order valence-corrected chi connectivity index (χ3v) is 2.35. The molecule has 2 unspecified atom stereocenters. The van der Waals surface area contributed by atoms with Crippen LogP contribution in [-0.2, 0) is 6.42 Å². The van der Waals surface area contributed by atoms with Gasteiger partial charge in [0.05, 0.1) is 0 Å². The van der Waals surface area contributed by atoms with Gasteiger partial charge in [0.1, 0.15) is 12.1 Å². The van der Waals surface area contributed by atoms with Crippen molar-refractivity contribution in [3.05, 3.63) is 35.4 Å². The van der Waals surface area contributed by atoms with Gasteiger partial charge in [-0.2, -0.15) is 0 Å². The highest BCUT2D eigenvalue weighted by atomic mass is 16.3. The number of fused-ring (bicyclic) bond motifs is 1. The zero-order valence-corrected chi connectivity index (χ0v) is 6.33. The summed E-state index contributed by atoms with van der Waals surface area (Å²) < 4.78 is 0. The van der Waals surface area contributed by atoms with Crippen LogP contribution < -0.4 is 5.73 Å². The Bertz CT molecular complexity index is 272. The van der Waals surface area contributed by atoms with Gasteiger partial charge in [-0.3, -0.25) is 0 Å². The van der Waals surface area contributed by atoms with E-state index in [0.717, 1.165) is 6.42 Å². The van der Waals surface area contributed by atoms with E-state index in [9.17, 15) is 5.11 Å². The highest BCUT2D eigenvalue weighted by Crippen LogP contribution is 2.27. The molecule has 0 saturated heterocycles. The Morgan fingerprint density at radius 2 is 2.09 bits per heavy atom. The fourth-order valence-corrected chi connectivity index (χ4v) is 1.66. The molecule has 0 aliphatic heterocycles. The molecule has 0 fully saturated rings. The summed E-state index contributed by atoms with van der Waals surface area (Å²) in [5.74, 6) is 0. The third-order valence-electron chi connectivity index (χ3n) is 2.35. The Balaban J connectivity index is 2.47. The van der Waals surface area contributed by atoms with Crippen molar-refractivity contribution in [2.24, 2.45) is 0 Å². The minimum absolute atomic E-state index is 0.0752. The molecule has 2 heteroatoms. The van der Waals surface area contributed by atoms with Crippen molar-refractivity contribution in [2.75, 3.05) is 0 Å². The van der Waals surface area contributed by atoms with Crippen LogP contribution >= 0.6 is 0 Å². The molecule has 58 valence electrons. The molecular formula is C9H12NO+. The average molecular weight is 150 g/mol. The van der Waals surface area contributed by atoms with E-state index in [1.807, 2.05) is 18.2 Å². The Labute approximate surface area is 65.7 Å². The summed E-state index contributed by atoms with van der Waals surface area (Å²) in [4.78, 5) is 0. The molecular weight excluding hydrogens is 138 g/mol. The van der Waals surface area contributed by atoms with Crippen molar-refractivity contribution in [3.8, 4) is 0 Å². The second-order valence-corrected chi connectivity index (χ2v) is 3.08. The van der Waals surface area contributed by atoms with Crippen molar-refractivity contribution in [3.63, 3.8) is 0 Å². The van der Waals surface area contributed by atoms with Crippen LogP contribution in [0, 0.1) is 0 Å². The first-order valence-electron chi connectivity index (χ1n) is 3.88. The van der Waals surface area contributed by atoms with E-state index in [2.05, 4.69) is 11.8 Å². The molecule has 4 N–H and O–H groups in total. The first-order chi connectivity index (χ1) is 5.29. The van der Waals surface area contributed by atoms with Gasteiger partial charge in [-0.05, 0) is 5.56 Å². The minimum Gasteiger partial charge on any atom is -0.386 e. The largest absolute Gasteiger partial charge is 0.386 e. The number of aliphatic hydroxyl groups excluding tert-OH is 1. The third kappa shape index (κ3) is 0.951. The van der Waals surface area contributed by atoms with Crippen molar-refractivity contribution in [2.45, 2.75) is 18.6 Å². The number of quaternary nitrogens is 1. The lowest BCUT2D eigenvalue weighted by Gasteiger charge is -2.03. The quantitative estimate of drug-likeness (QED) is 0.532. The predicted molar refractivity (Wildman–Crippen MR) is 41.8 cm³/mol. The fourth-order valence-electron chi connectivity index (χ4n) is 1.66. The van der Waals surface area contributed by atoms with E-state index < -0.39 is 0 Å². The lowest BCUT2D eigenvalue weighted by molar-refractivity contribution is -0.441. The zero-order chi connectivity index (χ0) is 7.84. The Morgan fingerprint density at radius 3 is 2.82 bits per heavy atom. The Hall–Kier alpha value is -0.860. The van der Waals surface area contributed by atoms with Crippen LogP contribution in [0.25, 0.3) is 0 Å². The van der Waals surface area contributed by atoms with Crippen molar-refractivity contribution >= 4 is 0 Å². The molecule has 11 heavy (non-hydrogen) atoms. The van der Waals surface area contributed by atoms with Crippen LogP contribution in [0.15, 0.2) is 24.3 Å². The van der Waals surface area contributed by atoms with E-state index >= 15 is 0 Å². The smallest absolute Gasteiger partial charge is 0.137 e. The van der Waals surface area contributed by atoms with Gasteiger partial charge < -0.3 is 10.8 Å². The lowest BCUT2D eigenvalue weighted by Crippen LogP contribution is -2.57. The summed E-state index contributed by atoms with van der Waals surface area (Å²) >= 11 is 0. The van der Waals surface area contributed by atoms with E-state index in [1.54, 1.807) is 0 Å². The van der Waals surface area contributed by atoms with Gasteiger partial charge in [-0.25, -0.2) is 0 Å². The number of hydrogen-bond acceptors (Lipinski definition) is 1. The number of aliphatic hydroxyl groups is 1. The number of benzene rings is 1. The number of hydrogen-bond donors (Lipinski definition) is 2. The van der Waals surface area contributed by atoms with Crippen LogP contribution in [0.3, 0.4) is 0 Å². The normalized spacial score (nSPS) is 28.5. The molecule has 1 aliphatic rings. The lowest BCUT2D eigenvalue weighted by atomic mass is 10.1. The molecule has 1 aromatic rings. The van der Waals surface area contributed by atoms with E-state index in [1.165, 1.54) is 11.1 Å². The van der Waals surface area contributed by atoms with Crippen LogP contribution in [0.4, 0.5) is 0 Å². The highest BCUT2D eigenvalue weighted by molar-refractivity contribution is 5.34. The van der Waals surface area contributed by atoms with Crippen LogP contribution in [0.1, 0.15) is 17.2 Å². The SMILES string of the molecule is [NH3+]C1c2ccccc2CC1O. The summed E-state index contributed by atoms with van der Waals surface area (Å²) in [7, 11) is 0. The monoisotopic (exact) mass is 150 g/mol. The standard InChI is InChI=1S/C9H11NO/c10-9-7-4-2-1-3-6(7)5-8(9)11/h1-4,8-9,11H,5,10H2/p+1. The van der Waals surface area contributed by atoms with Gasteiger partial charge in [0, 0.05) is 12.0 Å². The first-order valence-corrected chi connectivity index (χ1v) is 3.88. The fraction of sp³-hybridized carbons (Fsp3) is 0.333. The van der Waals surface area contributed by atoms with Crippen LogP contribution in [-0.4, -0.2) is 11.2 Å². The van der Waals surface area contributed by atoms with Gasteiger partial charge in [-0.15, -0.1) is 0 Å². The van der Waals surface area contributed by atoms with Gasteiger partial charge in [0.2, 0.25) is 0 Å². The molecule has 0 radical (unpaired) electrons.